The van der Waals surface area contributed by atoms with Crippen molar-refractivity contribution >= 4 is 12.0 Å². The number of nitrogens with zero attached hydrogens (tertiary/aromatic N) is 1. The highest BCUT2D eigenvalue weighted by atomic mass is 16.4. The lowest BCUT2D eigenvalue weighted by atomic mass is 10.0. The summed E-state index contributed by atoms with van der Waals surface area (Å²) in [6.07, 6.45) is 2.43. The van der Waals surface area contributed by atoms with E-state index in [9.17, 15) is 14.7 Å². The van der Waals surface area contributed by atoms with Crippen LogP contribution in [-0.2, 0) is 4.79 Å². The molecule has 1 aliphatic heterocycles. The number of aliphatic carboxylic acids is 1. The van der Waals surface area contributed by atoms with Gasteiger partial charge in [0.05, 0.1) is 12.0 Å². The first-order chi connectivity index (χ1) is 8.30. The van der Waals surface area contributed by atoms with Gasteiger partial charge >= 0.3 is 12.0 Å². The molecule has 0 saturated heterocycles. The highest BCUT2D eigenvalue weighted by Crippen LogP contribution is 2.11. The van der Waals surface area contributed by atoms with Gasteiger partial charge in [-0.05, 0) is 20.3 Å². The minimum absolute atomic E-state index is 0.0721. The van der Waals surface area contributed by atoms with Crippen LogP contribution in [0, 0.1) is 0 Å². The molecule has 0 bridgehead atoms. The van der Waals surface area contributed by atoms with Crippen LogP contribution in [0.4, 0.5) is 4.79 Å². The summed E-state index contributed by atoms with van der Waals surface area (Å²) in [4.78, 5) is 23.9. The average Bonchev–Trinajstić information content (AvgIpc) is 2.25. The number of carboxylic acids is 1. The van der Waals surface area contributed by atoms with E-state index in [1.54, 1.807) is 4.90 Å². The van der Waals surface area contributed by atoms with Gasteiger partial charge in [-0.1, -0.05) is 11.6 Å². The quantitative estimate of drug-likeness (QED) is 0.642. The zero-order chi connectivity index (χ0) is 13.8. The molecule has 102 valence electrons. The number of hydrogen-bond donors (Lipinski definition) is 3. The van der Waals surface area contributed by atoms with Gasteiger partial charge in [0.25, 0.3) is 0 Å². The minimum atomic E-state index is -1.43. The van der Waals surface area contributed by atoms with Crippen LogP contribution < -0.4 is 5.32 Å². The molecule has 0 fully saturated rings. The van der Waals surface area contributed by atoms with E-state index in [1.807, 2.05) is 13.0 Å². The number of urea groups is 1. The molecule has 1 rings (SSSR count). The van der Waals surface area contributed by atoms with Crippen molar-refractivity contribution in [2.24, 2.45) is 0 Å². The summed E-state index contributed by atoms with van der Waals surface area (Å²) >= 11 is 0. The Bertz CT molecular complexity index is 363. The fraction of sp³-hybridized carbons (Fsp3) is 0.667. The number of hydrogen-bond acceptors (Lipinski definition) is 3. The number of carboxylic acid groups (broad SMARTS) is 1. The lowest BCUT2D eigenvalue weighted by Gasteiger charge is -2.28. The van der Waals surface area contributed by atoms with Gasteiger partial charge in [0, 0.05) is 19.6 Å². The molecule has 1 aliphatic rings. The van der Waals surface area contributed by atoms with Crippen molar-refractivity contribution in [2.75, 3.05) is 19.6 Å². The molecule has 6 nitrogen and oxygen atoms in total. The number of amides is 2. The Balaban J connectivity index is 2.39. The molecule has 0 aromatic rings. The molecule has 2 amide bonds. The van der Waals surface area contributed by atoms with E-state index in [0.717, 1.165) is 6.42 Å². The molecule has 0 aromatic carbocycles. The van der Waals surface area contributed by atoms with Crippen molar-refractivity contribution in [3.8, 4) is 0 Å². The maximum absolute atomic E-state index is 11.8. The van der Waals surface area contributed by atoms with Crippen LogP contribution in [0.25, 0.3) is 0 Å². The van der Waals surface area contributed by atoms with Crippen LogP contribution in [0.3, 0.4) is 0 Å². The summed E-state index contributed by atoms with van der Waals surface area (Å²) in [6, 6.07) is -0.274. The van der Waals surface area contributed by atoms with Crippen LogP contribution in [0.15, 0.2) is 11.6 Å². The molecule has 0 radical (unpaired) electrons. The Labute approximate surface area is 106 Å². The lowest BCUT2D eigenvalue weighted by molar-refractivity contribution is -0.141. The number of aliphatic hydroxyl groups is 1. The van der Waals surface area contributed by atoms with Crippen molar-refractivity contribution < 1.29 is 19.8 Å². The van der Waals surface area contributed by atoms with E-state index < -0.39 is 18.0 Å². The second-order valence-corrected chi connectivity index (χ2v) is 4.97. The second-order valence-electron chi connectivity index (χ2n) is 4.97. The topological polar surface area (TPSA) is 89.9 Å². The smallest absolute Gasteiger partial charge is 0.317 e. The van der Waals surface area contributed by atoms with Crippen LogP contribution in [0.5, 0.6) is 0 Å². The van der Waals surface area contributed by atoms with E-state index in [4.69, 9.17) is 5.11 Å². The number of carbonyl (C=O) groups excluding carboxylic acids is 1. The number of rotatable bonds is 4. The van der Waals surface area contributed by atoms with Crippen LogP contribution in [-0.4, -0.2) is 52.3 Å². The van der Waals surface area contributed by atoms with E-state index in [-0.39, 0.29) is 12.6 Å². The number of carbonyl (C=O) groups is 2. The van der Waals surface area contributed by atoms with E-state index >= 15 is 0 Å². The summed E-state index contributed by atoms with van der Waals surface area (Å²) in [7, 11) is 0. The molecule has 0 saturated carbocycles. The fourth-order valence-electron chi connectivity index (χ4n) is 1.72. The van der Waals surface area contributed by atoms with E-state index in [0.29, 0.717) is 13.1 Å². The maximum Gasteiger partial charge on any atom is 0.317 e. The highest BCUT2D eigenvalue weighted by molar-refractivity contribution is 5.75. The normalized spacial score (nSPS) is 18.8. The molecular weight excluding hydrogens is 236 g/mol. The Morgan fingerprint density at radius 1 is 1.56 bits per heavy atom. The van der Waals surface area contributed by atoms with Gasteiger partial charge < -0.3 is 20.4 Å². The Morgan fingerprint density at radius 2 is 2.22 bits per heavy atom. The Kier molecular flexibility index (Phi) is 4.72. The third-order valence-electron chi connectivity index (χ3n) is 2.88. The summed E-state index contributed by atoms with van der Waals surface area (Å²) in [5, 5.41) is 20.9. The maximum atomic E-state index is 11.8. The van der Waals surface area contributed by atoms with Gasteiger partial charge in [-0.15, -0.1) is 0 Å². The van der Waals surface area contributed by atoms with Gasteiger partial charge in [0.2, 0.25) is 0 Å². The summed E-state index contributed by atoms with van der Waals surface area (Å²) in [6.45, 7) is 4.54. The lowest BCUT2D eigenvalue weighted by Crippen LogP contribution is -2.48. The highest BCUT2D eigenvalue weighted by Gasteiger charge is 2.26. The van der Waals surface area contributed by atoms with Gasteiger partial charge in [-0.2, -0.15) is 0 Å². The minimum Gasteiger partial charge on any atom is -0.481 e. The van der Waals surface area contributed by atoms with Crippen LogP contribution >= 0.6 is 0 Å². The van der Waals surface area contributed by atoms with Gasteiger partial charge in [0.15, 0.2) is 0 Å². The molecule has 0 aliphatic carbocycles. The van der Waals surface area contributed by atoms with Gasteiger partial charge in [-0.3, -0.25) is 4.79 Å². The first-order valence-electron chi connectivity index (χ1n) is 5.93. The summed E-state index contributed by atoms with van der Waals surface area (Å²) < 4.78 is 0. The molecule has 0 aromatic heterocycles. The molecule has 18 heavy (non-hydrogen) atoms. The third-order valence-corrected chi connectivity index (χ3v) is 2.88. The molecule has 1 heterocycles. The predicted octanol–water partition coefficient (Wildman–Crippen LogP) is 0.574. The summed E-state index contributed by atoms with van der Waals surface area (Å²) in [5.74, 6) is -1.09. The molecule has 3 N–H and O–H groups in total. The Hall–Kier alpha value is -1.56. The van der Waals surface area contributed by atoms with Crippen molar-refractivity contribution in [3.05, 3.63) is 11.6 Å². The zero-order valence-electron chi connectivity index (χ0n) is 10.8. The van der Waals surface area contributed by atoms with E-state index in [1.165, 1.54) is 12.5 Å². The first-order valence-corrected chi connectivity index (χ1v) is 5.93. The van der Waals surface area contributed by atoms with Crippen LogP contribution in [0.1, 0.15) is 26.7 Å². The second kappa shape index (κ2) is 5.86. The summed E-state index contributed by atoms with van der Waals surface area (Å²) in [5.41, 5.74) is -0.167. The zero-order valence-corrected chi connectivity index (χ0v) is 10.8. The molecule has 6 heteroatoms. The largest absolute Gasteiger partial charge is 0.481 e. The molecule has 1 unspecified atom stereocenters. The van der Waals surface area contributed by atoms with Crippen molar-refractivity contribution in [3.63, 3.8) is 0 Å². The molecular formula is C12H20N2O4. The molecule has 0 spiro atoms. The predicted molar refractivity (Wildman–Crippen MR) is 66.2 cm³/mol. The van der Waals surface area contributed by atoms with Gasteiger partial charge in [0.1, 0.15) is 0 Å². The monoisotopic (exact) mass is 256 g/mol. The SMILES string of the molecule is CC1=CCN(C(=O)NCC(C)(O)CC(=O)O)CC1. The van der Waals surface area contributed by atoms with E-state index in [2.05, 4.69) is 5.32 Å². The van der Waals surface area contributed by atoms with Gasteiger partial charge in [-0.25, -0.2) is 4.79 Å². The Morgan fingerprint density at radius 3 is 2.72 bits per heavy atom. The molecule has 1 atom stereocenters. The van der Waals surface area contributed by atoms with Crippen molar-refractivity contribution in [2.45, 2.75) is 32.3 Å². The third kappa shape index (κ3) is 4.75. The average molecular weight is 256 g/mol. The van der Waals surface area contributed by atoms with Crippen molar-refractivity contribution in [1.82, 2.24) is 10.2 Å². The van der Waals surface area contributed by atoms with Crippen LogP contribution in [0.2, 0.25) is 0 Å². The first kappa shape index (κ1) is 14.5. The standard InChI is InChI=1S/C12H20N2O4/c1-9-3-5-14(6-4-9)11(17)13-8-12(2,18)7-10(15)16/h3,18H,4-8H2,1-2H3,(H,13,17)(H,15,16). The van der Waals surface area contributed by atoms with Crippen molar-refractivity contribution in [1.29, 1.82) is 0 Å². The fourth-order valence-corrected chi connectivity index (χ4v) is 1.72. The number of nitrogens with one attached hydrogen (secondary N) is 1.